The highest BCUT2D eigenvalue weighted by molar-refractivity contribution is 4.80. The number of hydrogen-bond acceptors (Lipinski definition) is 1. The van der Waals surface area contributed by atoms with Gasteiger partial charge < -0.3 is 0 Å². The highest BCUT2D eigenvalue weighted by Crippen LogP contribution is 2.33. The molecule has 64 valence electrons. The fourth-order valence-corrected chi connectivity index (χ4v) is 1.98. The van der Waals surface area contributed by atoms with E-state index in [0.717, 1.165) is 12.8 Å². The molecule has 11 heavy (non-hydrogen) atoms. The predicted molar refractivity (Wildman–Crippen MR) is 45.6 cm³/mol. The van der Waals surface area contributed by atoms with E-state index >= 15 is 0 Å². The van der Waals surface area contributed by atoms with Crippen molar-refractivity contribution in [3.05, 3.63) is 4.91 Å². The van der Waals surface area contributed by atoms with Gasteiger partial charge in [-0.3, -0.25) is 0 Å². The van der Waals surface area contributed by atoms with Gasteiger partial charge in [0, 0.05) is 50.2 Å². The Hall–Kier alpha value is -0.400. The van der Waals surface area contributed by atoms with Crippen molar-refractivity contribution < 1.29 is 4.76 Å². The van der Waals surface area contributed by atoms with Gasteiger partial charge >= 0.3 is 0 Å². The Balaban J connectivity index is 2.85. The molecule has 1 saturated heterocycles. The molecule has 1 heterocycles. The van der Waals surface area contributed by atoms with E-state index in [1.165, 1.54) is 11.2 Å². The van der Waals surface area contributed by atoms with E-state index in [2.05, 4.69) is 0 Å². The average Bonchev–Trinajstić information content (AvgIpc) is 1.82. The number of nitrogens with zero attached hydrogens (tertiary/aromatic N) is 1. The minimum atomic E-state index is -0.151. The SMILES string of the molecule is CC1(C)CCCC(C)(C)[N+]1=O. The van der Waals surface area contributed by atoms with Crippen LogP contribution in [0.3, 0.4) is 0 Å². The average molecular weight is 156 g/mol. The maximum absolute atomic E-state index is 11.7. The fraction of sp³-hybridized carbons (Fsp3) is 1.00. The van der Waals surface area contributed by atoms with Crippen LogP contribution in [0.25, 0.3) is 0 Å². The van der Waals surface area contributed by atoms with E-state index in [1.54, 1.807) is 0 Å². The molecule has 0 radical (unpaired) electrons. The smallest absolute Gasteiger partial charge is 0.0398 e. The van der Waals surface area contributed by atoms with E-state index in [-0.39, 0.29) is 11.1 Å². The third kappa shape index (κ3) is 1.44. The number of hydrogen-bond donors (Lipinski definition) is 0. The van der Waals surface area contributed by atoms with Crippen LogP contribution in [0.2, 0.25) is 0 Å². The normalized spacial score (nSPS) is 28.5. The van der Waals surface area contributed by atoms with Gasteiger partial charge in [0.2, 0.25) is 11.1 Å². The van der Waals surface area contributed by atoms with E-state index in [9.17, 15) is 4.91 Å². The maximum atomic E-state index is 11.7. The summed E-state index contributed by atoms with van der Waals surface area (Å²) in [6.45, 7) is 8.11. The molecule has 0 atom stereocenters. The maximum Gasteiger partial charge on any atom is 0.205 e. The molecule has 0 N–H and O–H groups in total. The van der Waals surface area contributed by atoms with Gasteiger partial charge in [0.15, 0.2) is 0 Å². The van der Waals surface area contributed by atoms with Crippen LogP contribution in [0.4, 0.5) is 0 Å². The third-order valence-electron chi connectivity index (χ3n) is 2.68. The molecule has 0 aliphatic carbocycles. The summed E-state index contributed by atoms with van der Waals surface area (Å²) in [5.41, 5.74) is -0.302. The van der Waals surface area contributed by atoms with Crippen molar-refractivity contribution in [3.63, 3.8) is 0 Å². The van der Waals surface area contributed by atoms with Gasteiger partial charge in [-0.25, -0.2) is 0 Å². The van der Waals surface area contributed by atoms with Crippen LogP contribution in [0.15, 0.2) is 0 Å². The second-order valence-electron chi connectivity index (χ2n) is 4.77. The summed E-state index contributed by atoms with van der Waals surface area (Å²) in [6.07, 6.45) is 3.23. The van der Waals surface area contributed by atoms with Crippen LogP contribution in [-0.4, -0.2) is 15.8 Å². The van der Waals surface area contributed by atoms with Gasteiger partial charge in [0.25, 0.3) is 0 Å². The molecule has 0 saturated carbocycles. The van der Waals surface area contributed by atoms with Gasteiger partial charge in [-0.15, -0.1) is 0 Å². The zero-order valence-electron chi connectivity index (χ0n) is 7.98. The molecule has 1 aliphatic heterocycles. The summed E-state index contributed by atoms with van der Waals surface area (Å²) in [6, 6.07) is 0. The Bertz CT molecular complexity index is 164. The summed E-state index contributed by atoms with van der Waals surface area (Å²) in [5, 5.41) is 0. The monoisotopic (exact) mass is 156 g/mol. The summed E-state index contributed by atoms with van der Waals surface area (Å²) in [5.74, 6) is 0. The van der Waals surface area contributed by atoms with Crippen molar-refractivity contribution in [1.29, 1.82) is 0 Å². The lowest BCUT2D eigenvalue weighted by Crippen LogP contribution is -2.50. The van der Waals surface area contributed by atoms with Crippen LogP contribution in [0, 0.1) is 4.91 Å². The predicted octanol–water partition coefficient (Wildman–Crippen LogP) is 2.51. The zero-order chi connectivity index (χ0) is 8.70. The Morgan fingerprint density at radius 1 is 1.00 bits per heavy atom. The molecule has 0 amide bonds. The van der Waals surface area contributed by atoms with Crippen LogP contribution in [0.5, 0.6) is 0 Å². The first-order valence-corrected chi connectivity index (χ1v) is 4.34. The van der Waals surface area contributed by atoms with E-state index < -0.39 is 0 Å². The Morgan fingerprint density at radius 3 is 1.64 bits per heavy atom. The van der Waals surface area contributed by atoms with Gasteiger partial charge in [0.05, 0.1) is 0 Å². The standard InChI is InChI=1S/C9H18NO/c1-8(2)6-5-7-9(3,4)10(8)11/h5-7H2,1-4H3/q+1. The Labute approximate surface area is 68.6 Å². The second kappa shape index (κ2) is 2.29. The van der Waals surface area contributed by atoms with Crippen molar-refractivity contribution >= 4 is 0 Å². The van der Waals surface area contributed by atoms with Crippen LogP contribution in [-0.2, 0) is 0 Å². The van der Waals surface area contributed by atoms with Gasteiger partial charge in [-0.05, 0) is 6.42 Å². The molecule has 0 unspecified atom stereocenters. The third-order valence-corrected chi connectivity index (χ3v) is 2.68. The largest absolute Gasteiger partial charge is 0.205 e. The topological polar surface area (TPSA) is 20.1 Å². The second-order valence-corrected chi connectivity index (χ2v) is 4.77. The molecule has 0 aromatic heterocycles. The number of nitroso groups, excluding NO2 is 1. The zero-order valence-corrected chi connectivity index (χ0v) is 7.98. The molecule has 2 heteroatoms. The van der Waals surface area contributed by atoms with Crippen LogP contribution < -0.4 is 0 Å². The van der Waals surface area contributed by atoms with Crippen LogP contribution >= 0.6 is 0 Å². The molecule has 1 fully saturated rings. The lowest BCUT2D eigenvalue weighted by Gasteiger charge is -2.31. The highest BCUT2D eigenvalue weighted by atomic mass is 16.3. The lowest BCUT2D eigenvalue weighted by atomic mass is 9.83. The highest BCUT2D eigenvalue weighted by Gasteiger charge is 2.49. The first kappa shape index (κ1) is 8.69. The van der Waals surface area contributed by atoms with Gasteiger partial charge in [-0.1, -0.05) is 0 Å². The molecule has 1 rings (SSSR count). The fourth-order valence-electron chi connectivity index (χ4n) is 1.98. The van der Waals surface area contributed by atoms with Gasteiger partial charge in [0.1, 0.15) is 0 Å². The molecule has 0 spiro atoms. The molecular formula is C9H18NO+. The van der Waals surface area contributed by atoms with Crippen molar-refractivity contribution in [2.45, 2.75) is 58.0 Å². The van der Waals surface area contributed by atoms with Crippen molar-refractivity contribution in [2.75, 3.05) is 0 Å². The number of piperidine rings is 1. The quantitative estimate of drug-likeness (QED) is 0.493. The van der Waals surface area contributed by atoms with E-state index in [0.29, 0.717) is 0 Å². The van der Waals surface area contributed by atoms with Crippen molar-refractivity contribution in [2.24, 2.45) is 0 Å². The van der Waals surface area contributed by atoms with Crippen molar-refractivity contribution in [1.82, 2.24) is 0 Å². The van der Waals surface area contributed by atoms with Crippen molar-refractivity contribution in [3.8, 4) is 0 Å². The minimum absolute atomic E-state index is 0.151. The minimum Gasteiger partial charge on any atom is -0.0398 e. The van der Waals surface area contributed by atoms with Crippen LogP contribution in [0.1, 0.15) is 47.0 Å². The van der Waals surface area contributed by atoms with Gasteiger partial charge in [-0.2, -0.15) is 0 Å². The molecular weight excluding hydrogens is 138 g/mol. The lowest BCUT2D eigenvalue weighted by molar-refractivity contribution is -0.692. The summed E-state index contributed by atoms with van der Waals surface area (Å²) in [7, 11) is 0. The Kier molecular flexibility index (Phi) is 1.81. The van der Waals surface area contributed by atoms with E-state index in [1.807, 2.05) is 27.7 Å². The summed E-state index contributed by atoms with van der Waals surface area (Å²) < 4.78 is 1.27. The first-order chi connectivity index (χ1) is 4.86. The molecule has 1 aliphatic rings. The molecule has 0 aromatic carbocycles. The first-order valence-electron chi connectivity index (χ1n) is 4.34. The molecule has 0 bridgehead atoms. The molecule has 2 nitrogen and oxygen atoms in total. The summed E-state index contributed by atoms with van der Waals surface area (Å²) >= 11 is 0. The van der Waals surface area contributed by atoms with E-state index in [4.69, 9.17) is 0 Å². The number of rotatable bonds is 0. The summed E-state index contributed by atoms with van der Waals surface area (Å²) in [4.78, 5) is 11.7. The molecule has 0 aromatic rings. The Morgan fingerprint density at radius 2 is 1.36 bits per heavy atom.